The van der Waals surface area contributed by atoms with Crippen LogP contribution in [0.15, 0.2) is 53.0 Å². The fourth-order valence-electron chi connectivity index (χ4n) is 3.04. The predicted octanol–water partition coefficient (Wildman–Crippen LogP) is 3.65. The Morgan fingerprint density at radius 3 is 2.52 bits per heavy atom. The molecule has 0 aromatic heterocycles. The maximum Gasteiger partial charge on any atom is 0.234 e. The number of amides is 1. The number of nitrogens with zero attached hydrogens (tertiary/aromatic N) is 1. The molecule has 4 nitrogen and oxygen atoms in total. The van der Waals surface area contributed by atoms with Gasteiger partial charge in [-0.1, -0.05) is 40.2 Å². The lowest BCUT2D eigenvalue weighted by Gasteiger charge is -2.21. The van der Waals surface area contributed by atoms with Gasteiger partial charge < -0.3 is 10.5 Å². The molecule has 0 unspecified atom stereocenters. The number of ether oxygens (including phenoxy) is 1. The van der Waals surface area contributed by atoms with Crippen molar-refractivity contribution in [2.75, 3.05) is 6.54 Å². The predicted molar refractivity (Wildman–Crippen MR) is 119 cm³/mol. The van der Waals surface area contributed by atoms with E-state index in [4.69, 9.17) is 10.5 Å². The van der Waals surface area contributed by atoms with Crippen LogP contribution in [0.4, 0.5) is 4.39 Å². The molecular formula is C19H24BrFN2O2S2. The highest BCUT2D eigenvalue weighted by Crippen LogP contribution is 2.23. The SMILES string of the molecule is NC(=O)[C@@H]1C[C@H](F)CN1Cc1ccc(OCc2cccc(Br)c2)cc1.S.S. The van der Waals surface area contributed by atoms with Gasteiger partial charge in [-0.2, -0.15) is 27.0 Å². The number of rotatable bonds is 6. The highest BCUT2D eigenvalue weighted by molar-refractivity contribution is 9.10. The van der Waals surface area contributed by atoms with Crippen molar-refractivity contribution in [1.82, 2.24) is 4.90 Å². The van der Waals surface area contributed by atoms with E-state index in [0.29, 0.717) is 13.2 Å². The summed E-state index contributed by atoms with van der Waals surface area (Å²) >= 11 is 3.44. The molecule has 1 aliphatic heterocycles. The molecule has 0 radical (unpaired) electrons. The minimum absolute atomic E-state index is 0. The van der Waals surface area contributed by atoms with E-state index < -0.39 is 18.1 Å². The van der Waals surface area contributed by atoms with Crippen molar-refractivity contribution in [3.05, 3.63) is 64.1 Å². The van der Waals surface area contributed by atoms with Gasteiger partial charge >= 0.3 is 0 Å². The first-order valence-electron chi connectivity index (χ1n) is 8.15. The standard InChI is InChI=1S/C19H20BrFN2O2.2H2S/c20-15-3-1-2-14(8-15)12-25-17-6-4-13(5-7-17)10-23-11-16(21)9-18(23)19(22)24;;/h1-8,16,18H,9-12H2,(H2,22,24);2*1H2/t16-,18-;;/m0../s1. The molecule has 2 aromatic rings. The van der Waals surface area contributed by atoms with Crippen molar-refractivity contribution in [2.24, 2.45) is 5.73 Å². The second-order valence-corrected chi connectivity index (χ2v) is 7.16. The first kappa shape index (κ1) is 23.8. The molecule has 1 aliphatic rings. The molecule has 0 spiro atoms. The fraction of sp³-hybridized carbons (Fsp3) is 0.316. The molecule has 2 atom stereocenters. The number of carbonyl (C=O) groups excluding carboxylic acids is 1. The van der Waals surface area contributed by atoms with E-state index >= 15 is 0 Å². The van der Waals surface area contributed by atoms with Crippen LogP contribution < -0.4 is 10.5 Å². The van der Waals surface area contributed by atoms with Gasteiger partial charge in [-0.25, -0.2) is 4.39 Å². The average molecular weight is 475 g/mol. The third kappa shape index (κ3) is 6.71. The number of halogens is 2. The van der Waals surface area contributed by atoms with Gasteiger partial charge in [0.1, 0.15) is 18.5 Å². The summed E-state index contributed by atoms with van der Waals surface area (Å²) in [5.41, 5.74) is 7.44. The lowest BCUT2D eigenvalue weighted by atomic mass is 10.1. The van der Waals surface area contributed by atoms with Gasteiger partial charge in [0.25, 0.3) is 0 Å². The Kier molecular flexibility index (Phi) is 9.66. The molecule has 0 saturated carbocycles. The van der Waals surface area contributed by atoms with E-state index in [1.165, 1.54) is 0 Å². The van der Waals surface area contributed by atoms with Crippen molar-refractivity contribution >= 4 is 48.8 Å². The largest absolute Gasteiger partial charge is 0.489 e. The zero-order valence-corrected chi connectivity index (χ0v) is 18.3. The van der Waals surface area contributed by atoms with Gasteiger partial charge in [-0.3, -0.25) is 9.69 Å². The van der Waals surface area contributed by atoms with Crippen LogP contribution >= 0.6 is 42.9 Å². The third-order valence-corrected chi connectivity index (χ3v) is 4.78. The molecule has 1 heterocycles. The quantitative estimate of drug-likeness (QED) is 0.694. The summed E-state index contributed by atoms with van der Waals surface area (Å²) in [7, 11) is 0. The number of alkyl halides is 1. The smallest absolute Gasteiger partial charge is 0.234 e. The Labute approximate surface area is 181 Å². The fourth-order valence-corrected chi connectivity index (χ4v) is 3.48. The van der Waals surface area contributed by atoms with Crippen LogP contribution in [0.2, 0.25) is 0 Å². The van der Waals surface area contributed by atoms with E-state index in [-0.39, 0.29) is 40.0 Å². The molecule has 3 rings (SSSR count). The number of hydrogen-bond acceptors (Lipinski definition) is 3. The van der Waals surface area contributed by atoms with E-state index in [0.717, 1.165) is 21.3 Å². The number of carbonyl (C=O) groups is 1. The van der Waals surface area contributed by atoms with E-state index in [1.54, 1.807) is 4.90 Å². The van der Waals surface area contributed by atoms with Crippen molar-refractivity contribution in [3.63, 3.8) is 0 Å². The summed E-state index contributed by atoms with van der Waals surface area (Å²) in [6, 6.07) is 15.1. The van der Waals surface area contributed by atoms with Crippen molar-refractivity contribution < 1.29 is 13.9 Å². The molecule has 2 N–H and O–H groups in total. The summed E-state index contributed by atoms with van der Waals surface area (Å²) in [5, 5.41) is 0. The Hall–Kier alpha value is -1.22. The molecule has 27 heavy (non-hydrogen) atoms. The summed E-state index contributed by atoms with van der Waals surface area (Å²) in [5.74, 6) is 0.300. The van der Waals surface area contributed by atoms with Gasteiger partial charge in [0.2, 0.25) is 5.91 Å². The van der Waals surface area contributed by atoms with Crippen LogP contribution in [0, 0.1) is 0 Å². The number of hydrogen-bond donors (Lipinski definition) is 1. The maximum atomic E-state index is 13.6. The first-order valence-corrected chi connectivity index (χ1v) is 8.94. The molecule has 148 valence electrons. The summed E-state index contributed by atoms with van der Waals surface area (Å²) in [6.45, 7) is 1.23. The van der Waals surface area contributed by atoms with Crippen LogP contribution in [-0.2, 0) is 17.9 Å². The van der Waals surface area contributed by atoms with Gasteiger partial charge in [0.05, 0.1) is 6.04 Å². The number of benzene rings is 2. The second kappa shape index (κ2) is 10.9. The molecular weight excluding hydrogens is 451 g/mol. The van der Waals surface area contributed by atoms with Crippen molar-refractivity contribution in [1.29, 1.82) is 0 Å². The molecule has 0 aliphatic carbocycles. The highest BCUT2D eigenvalue weighted by atomic mass is 79.9. The van der Waals surface area contributed by atoms with Gasteiger partial charge in [-0.15, -0.1) is 0 Å². The summed E-state index contributed by atoms with van der Waals surface area (Å²) in [6.07, 6.45) is -0.811. The van der Waals surface area contributed by atoms with E-state index in [2.05, 4.69) is 15.9 Å². The van der Waals surface area contributed by atoms with Crippen LogP contribution in [0.25, 0.3) is 0 Å². The molecule has 1 amide bonds. The maximum absolute atomic E-state index is 13.6. The molecule has 1 saturated heterocycles. The minimum atomic E-state index is -0.995. The minimum Gasteiger partial charge on any atom is -0.489 e. The summed E-state index contributed by atoms with van der Waals surface area (Å²) in [4.78, 5) is 13.2. The van der Waals surface area contributed by atoms with Gasteiger partial charge in [0, 0.05) is 24.0 Å². The van der Waals surface area contributed by atoms with Gasteiger partial charge in [-0.05, 0) is 35.4 Å². The van der Waals surface area contributed by atoms with Gasteiger partial charge in [0.15, 0.2) is 0 Å². The Balaban J connectivity index is 0.00000182. The molecule has 0 bridgehead atoms. The lowest BCUT2D eigenvalue weighted by molar-refractivity contribution is -0.122. The van der Waals surface area contributed by atoms with Crippen LogP contribution in [0.1, 0.15) is 17.5 Å². The van der Waals surface area contributed by atoms with Crippen LogP contribution in [0.3, 0.4) is 0 Å². The second-order valence-electron chi connectivity index (χ2n) is 6.24. The van der Waals surface area contributed by atoms with E-state index in [1.807, 2.05) is 48.5 Å². The lowest BCUT2D eigenvalue weighted by Crippen LogP contribution is -2.39. The zero-order chi connectivity index (χ0) is 17.8. The zero-order valence-electron chi connectivity index (χ0n) is 14.7. The number of primary amides is 1. The Morgan fingerprint density at radius 2 is 1.89 bits per heavy atom. The normalized spacial score (nSPS) is 19.0. The van der Waals surface area contributed by atoms with Crippen LogP contribution in [0.5, 0.6) is 5.75 Å². The van der Waals surface area contributed by atoms with Crippen LogP contribution in [-0.4, -0.2) is 29.6 Å². The van der Waals surface area contributed by atoms with E-state index in [9.17, 15) is 9.18 Å². The third-order valence-electron chi connectivity index (χ3n) is 4.28. The average Bonchev–Trinajstić information content (AvgIpc) is 2.95. The number of likely N-dealkylation sites (tertiary alicyclic amines) is 1. The Bertz CT molecular complexity index is 749. The Morgan fingerprint density at radius 1 is 1.19 bits per heavy atom. The monoisotopic (exact) mass is 474 g/mol. The first-order chi connectivity index (χ1) is 12.0. The number of nitrogens with two attached hydrogens (primary N) is 1. The topological polar surface area (TPSA) is 55.6 Å². The van der Waals surface area contributed by atoms with Crippen molar-refractivity contribution in [2.45, 2.75) is 31.8 Å². The van der Waals surface area contributed by atoms with Crippen molar-refractivity contribution in [3.8, 4) is 5.75 Å². The summed E-state index contributed by atoms with van der Waals surface area (Å²) < 4.78 is 20.4. The molecule has 8 heteroatoms. The molecule has 1 fully saturated rings. The highest BCUT2D eigenvalue weighted by Gasteiger charge is 2.35. The molecule has 2 aromatic carbocycles.